The van der Waals surface area contributed by atoms with Crippen molar-refractivity contribution in [3.8, 4) is 11.4 Å². The molecule has 0 bridgehead atoms. The first-order valence-electron chi connectivity index (χ1n) is 6.85. The minimum atomic E-state index is -0.435. The van der Waals surface area contributed by atoms with Gasteiger partial charge >= 0.3 is 0 Å². The molecule has 0 radical (unpaired) electrons. The van der Waals surface area contributed by atoms with Gasteiger partial charge in [-0.05, 0) is 31.3 Å². The van der Waals surface area contributed by atoms with E-state index in [0.717, 1.165) is 37.6 Å². The highest BCUT2D eigenvalue weighted by Crippen LogP contribution is 2.24. The highest BCUT2D eigenvalue weighted by atomic mass is 35.5. The molecule has 1 fully saturated rings. The first kappa shape index (κ1) is 14.2. The summed E-state index contributed by atoms with van der Waals surface area (Å²) in [6.07, 6.45) is 1.73. The van der Waals surface area contributed by atoms with E-state index in [-0.39, 0.29) is 5.02 Å². The van der Waals surface area contributed by atoms with E-state index in [4.69, 9.17) is 11.6 Å². The Balaban J connectivity index is 1.87. The van der Waals surface area contributed by atoms with Gasteiger partial charge in [0.25, 0.3) is 0 Å². The number of halogens is 2. The molecule has 1 aromatic carbocycles. The Morgan fingerprint density at radius 3 is 2.62 bits per heavy atom. The number of aromatic nitrogens is 2. The lowest BCUT2D eigenvalue weighted by atomic mass is 10.2. The molecule has 0 spiro atoms. The SMILES string of the molecule is CN1CCN(c2ccnc(-c3ccc(F)c(Cl)c3)n2)CC1. The van der Waals surface area contributed by atoms with Crippen LogP contribution in [0.15, 0.2) is 30.5 Å². The molecule has 1 saturated heterocycles. The normalized spacial score (nSPS) is 16.2. The van der Waals surface area contributed by atoms with Gasteiger partial charge < -0.3 is 9.80 Å². The number of anilines is 1. The molecule has 0 unspecified atom stereocenters. The van der Waals surface area contributed by atoms with Crippen molar-refractivity contribution in [1.29, 1.82) is 0 Å². The molecule has 2 aromatic rings. The van der Waals surface area contributed by atoms with Crippen LogP contribution in [0.25, 0.3) is 11.4 Å². The predicted molar refractivity (Wildman–Crippen MR) is 82.1 cm³/mol. The van der Waals surface area contributed by atoms with E-state index >= 15 is 0 Å². The Morgan fingerprint density at radius 1 is 1.14 bits per heavy atom. The van der Waals surface area contributed by atoms with E-state index in [9.17, 15) is 4.39 Å². The molecule has 110 valence electrons. The number of benzene rings is 1. The summed E-state index contributed by atoms with van der Waals surface area (Å²) in [5, 5.41) is 0.0844. The Kier molecular flexibility index (Phi) is 4.03. The molecule has 2 heterocycles. The zero-order valence-corrected chi connectivity index (χ0v) is 12.5. The third-order valence-electron chi connectivity index (χ3n) is 3.65. The standard InChI is InChI=1S/C15H16ClFN4/c1-20-6-8-21(9-7-20)14-4-5-18-15(19-14)11-2-3-13(17)12(16)10-11/h2-5,10H,6-9H2,1H3. The number of likely N-dealkylation sites (N-methyl/N-ethyl adjacent to an activating group) is 1. The van der Waals surface area contributed by atoms with Crippen LogP contribution in [0.4, 0.5) is 10.2 Å². The van der Waals surface area contributed by atoms with Crippen molar-refractivity contribution in [1.82, 2.24) is 14.9 Å². The molecule has 6 heteroatoms. The fourth-order valence-electron chi connectivity index (χ4n) is 2.34. The maximum absolute atomic E-state index is 13.2. The van der Waals surface area contributed by atoms with Crippen molar-refractivity contribution in [2.75, 3.05) is 38.1 Å². The minimum Gasteiger partial charge on any atom is -0.354 e. The van der Waals surface area contributed by atoms with Crippen LogP contribution >= 0.6 is 11.6 Å². The first-order chi connectivity index (χ1) is 10.1. The third kappa shape index (κ3) is 3.14. The lowest BCUT2D eigenvalue weighted by molar-refractivity contribution is 0.312. The lowest BCUT2D eigenvalue weighted by Gasteiger charge is -2.33. The average molecular weight is 307 g/mol. The van der Waals surface area contributed by atoms with Gasteiger partial charge in [-0.15, -0.1) is 0 Å². The molecule has 0 aliphatic carbocycles. The van der Waals surface area contributed by atoms with Gasteiger partial charge in [-0.2, -0.15) is 0 Å². The highest BCUT2D eigenvalue weighted by molar-refractivity contribution is 6.31. The number of nitrogens with zero attached hydrogens (tertiary/aromatic N) is 4. The van der Waals surface area contributed by atoms with E-state index in [1.54, 1.807) is 18.3 Å². The summed E-state index contributed by atoms with van der Waals surface area (Å²) in [5.74, 6) is 1.03. The topological polar surface area (TPSA) is 32.3 Å². The Labute approximate surface area is 128 Å². The van der Waals surface area contributed by atoms with Crippen LogP contribution in [-0.2, 0) is 0 Å². The number of piperazine rings is 1. The van der Waals surface area contributed by atoms with Crippen molar-refractivity contribution in [2.45, 2.75) is 0 Å². The second-order valence-electron chi connectivity index (χ2n) is 5.16. The van der Waals surface area contributed by atoms with Gasteiger partial charge in [0.15, 0.2) is 5.82 Å². The van der Waals surface area contributed by atoms with Gasteiger partial charge in [-0.3, -0.25) is 0 Å². The molecule has 3 rings (SSSR count). The quantitative estimate of drug-likeness (QED) is 0.854. The van der Waals surface area contributed by atoms with E-state index < -0.39 is 5.82 Å². The molecule has 0 saturated carbocycles. The van der Waals surface area contributed by atoms with Gasteiger partial charge in [-0.25, -0.2) is 14.4 Å². The van der Waals surface area contributed by atoms with Gasteiger partial charge in [-0.1, -0.05) is 11.6 Å². The predicted octanol–water partition coefficient (Wildman–Crippen LogP) is 2.69. The van der Waals surface area contributed by atoms with Crippen LogP contribution in [0.1, 0.15) is 0 Å². The van der Waals surface area contributed by atoms with Crippen LogP contribution < -0.4 is 4.90 Å². The molecule has 0 atom stereocenters. The molecule has 4 nitrogen and oxygen atoms in total. The fourth-order valence-corrected chi connectivity index (χ4v) is 2.52. The maximum Gasteiger partial charge on any atom is 0.161 e. The summed E-state index contributed by atoms with van der Waals surface area (Å²) >= 11 is 5.82. The Hall–Kier alpha value is -1.72. The van der Waals surface area contributed by atoms with Gasteiger partial charge in [0.1, 0.15) is 11.6 Å². The zero-order chi connectivity index (χ0) is 14.8. The molecule has 0 N–H and O–H groups in total. The summed E-state index contributed by atoms with van der Waals surface area (Å²) < 4.78 is 13.2. The third-order valence-corrected chi connectivity index (χ3v) is 3.94. The van der Waals surface area contributed by atoms with Crippen LogP contribution in [0.3, 0.4) is 0 Å². The number of rotatable bonds is 2. The first-order valence-corrected chi connectivity index (χ1v) is 7.23. The maximum atomic E-state index is 13.2. The second-order valence-corrected chi connectivity index (χ2v) is 5.56. The number of hydrogen-bond donors (Lipinski definition) is 0. The molecule has 1 aliphatic rings. The van der Waals surface area contributed by atoms with Crippen LogP contribution in [-0.4, -0.2) is 48.1 Å². The molecule has 1 aromatic heterocycles. The average Bonchev–Trinajstić information content (AvgIpc) is 2.51. The van der Waals surface area contributed by atoms with Crippen molar-refractivity contribution in [3.05, 3.63) is 41.3 Å². The summed E-state index contributed by atoms with van der Waals surface area (Å²) in [4.78, 5) is 13.4. The van der Waals surface area contributed by atoms with E-state index in [2.05, 4.69) is 26.8 Å². The second kappa shape index (κ2) is 5.95. The molecule has 1 aliphatic heterocycles. The van der Waals surface area contributed by atoms with Crippen molar-refractivity contribution < 1.29 is 4.39 Å². The zero-order valence-electron chi connectivity index (χ0n) is 11.8. The fraction of sp³-hybridized carbons (Fsp3) is 0.333. The summed E-state index contributed by atoms with van der Waals surface area (Å²) in [5.41, 5.74) is 0.720. The molecule has 21 heavy (non-hydrogen) atoms. The summed E-state index contributed by atoms with van der Waals surface area (Å²) in [6.45, 7) is 3.91. The van der Waals surface area contributed by atoms with Crippen molar-refractivity contribution >= 4 is 17.4 Å². The number of hydrogen-bond acceptors (Lipinski definition) is 4. The van der Waals surface area contributed by atoms with Crippen LogP contribution in [0.2, 0.25) is 5.02 Å². The highest BCUT2D eigenvalue weighted by Gasteiger charge is 2.16. The van der Waals surface area contributed by atoms with Crippen LogP contribution in [0.5, 0.6) is 0 Å². The van der Waals surface area contributed by atoms with Crippen molar-refractivity contribution in [2.24, 2.45) is 0 Å². The summed E-state index contributed by atoms with van der Waals surface area (Å²) in [6, 6.07) is 6.44. The Morgan fingerprint density at radius 2 is 1.90 bits per heavy atom. The molecular weight excluding hydrogens is 291 g/mol. The largest absolute Gasteiger partial charge is 0.354 e. The van der Waals surface area contributed by atoms with E-state index in [1.165, 1.54) is 6.07 Å². The van der Waals surface area contributed by atoms with E-state index in [1.807, 2.05) is 6.07 Å². The summed E-state index contributed by atoms with van der Waals surface area (Å²) in [7, 11) is 2.11. The lowest BCUT2D eigenvalue weighted by Crippen LogP contribution is -2.44. The van der Waals surface area contributed by atoms with E-state index in [0.29, 0.717) is 5.82 Å². The van der Waals surface area contributed by atoms with Gasteiger partial charge in [0.05, 0.1) is 5.02 Å². The van der Waals surface area contributed by atoms with Crippen molar-refractivity contribution in [3.63, 3.8) is 0 Å². The van der Waals surface area contributed by atoms with Crippen LogP contribution in [0, 0.1) is 5.82 Å². The minimum absolute atomic E-state index is 0.0844. The monoisotopic (exact) mass is 306 g/mol. The Bertz CT molecular complexity index is 641. The molecule has 0 amide bonds. The van der Waals surface area contributed by atoms with Gasteiger partial charge in [0, 0.05) is 37.9 Å². The smallest absolute Gasteiger partial charge is 0.161 e. The molecular formula is C15H16ClFN4. The van der Waals surface area contributed by atoms with Gasteiger partial charge in [0.2, 0.25) is 0 Å².